The quantitative estimate of drug-likeness (QED) is 0.340. The van der Waals surface area contributed by atoms with Crippen LogP contribution in [0.5, 0.6) is 6.01 Å². The molecular formula is C33H39ClFN7O2. The third-order valence-electron chi connectivity index (χ3n) is 8.94. The number of hydrogen-bond acceptors (Lipinski definition) is 8. The molecular weight excluding hydrogens is 581 g/mol. The summed E-state index contributed by atoms with van der Waals surface area (Å²) in [5, 5.41) is 10.2. The van der Waals surface area contributed by atoms with Crippen LogP contribution in [0.25, 0.3) is 10.8 Å². The second kappa shape index (κ2) is 13.4. The van der Waals surface area contributed by atoms with E-state index in [1.165, 1.54) is 11.8 Å². The fourth-order valence-electron chi connectivity index (χ4n) is 6.31. The molecule has 4 heterocycles. The molecule has 6 rings (SSSR count). The van der Waals surface area contributed by atoms with E-state index >= 15 is 0 Å². The van der Waals surface area contributed by atoms with Crippen molar-refractivity contribution in [2.24, 2.45) is 0 Å². The molecule has 1 amide bonds. The summed E-state index contributed by atoms with van der Waals surface area (Å²) in [6.07, 6.45) is 2.96. The van der Waals surface area contributed by atoms with Crippen LogP contribution in [0.1, 0.15) is 37.9 Å². The molecule has 2 aromatic carbocycles. The first kappa shape index (κ1) is 31.5. The molecule has 232 valence electrons. The predicted molar refractivity (Wildman–Crippen MR) is 172 cm³/mol. The summed E-state index contributed by atoms with van der Waals surface area (Å²) < 4.78 is 19.8. The van der Waals surface area contributed by atoms with Gasteiger partial charge in [0, 0.05) is 56.3 Å². The van der Waals surface area contributed by atoms with E-state index in [-0.39, 0.29) is 5.54 Å². The van der Waals surface area contributed by atoms with Crippen LogP contribution in [0.2, 0.25) is 5.02 Å². The van der Waals surface area contributed by atoms with Gasteiger partial charge in [0.15, 0.2) is 5.83 Å². The van der Waals surface area contributed by atoms with Gasteiger partial charge >= 0.3 is 6.01 Å². The van der Waals surface area contributed by atoms with Crippen LogP contribution in [-0.2, 0) is 17.8 Å². The van der Waals surface area contributed by atoms with E-state index in [9.17, 15) is 9.18 Å². The second-order valence-corrected chi connectivity index (χ2v) is 12.2. The number of rotatable bonds is 6. The van der Waals surface area contributed by atoms with Crippen LogP contribution >= 0.6 is 11.6 Å². The van der Waals surface area contributed by atoms with Crippen molar-refractivity contribution in [1.82, 2.24) is 19.8 Å². The SMILES string of the molecule is C=C(F)C(=O)N1CCN(c2nc(OCC3(C)CCCN3C)nc3c2CCN(c2cccc4cccc(Cl)c24)C3)CC1.CC#N. The van der Waals surface area contributed by atoms with Gasteiger partial charge in [-0.1, -0.05) is 42.4 Å². The average Bonchev–Trinajstić information content (AvgIpc) is 3.36. The number of amides is 1. The second-order valence-electron chi connectivity index (χ2n) is 11.8. The third-order valence-corrected chi connectivity index (χ3v) is 9.25. The summed E-state index contributed by atoms with van der Waals surface area (Å²) >= 11 is 6.68. The molecule has 1 atom stereocenters. The maximum Gasteiger partial charge on any atom is 0.318 e. The maximum atomic E-state index is 13.5. The Balaban J connectivity index is 0.00000123. The number of likely N-dealkylation sites (tertiary alicyclic amines) is 1. The summed E-state index contributed by atoms with van der Waals surface area (Å²) in [7, 11) is 2.13. The first-order chi connectivity index (χ1) is 21.1. The number of carbonyl (C=O) groups is 1. The van der Waals surface area contributed by atoms with Crippen molar-refractivity contribution in [3.8, 4) is 12.1 Å². The van der Waals surface area contributed by atoms with Gasteiger partial charge in [-0.2, -0.15) is 15.2 Å². The van der Waals surface area contributed by atoms with E-state index in [2.05, 4.69) is 59.5 Å². The fourth-order valence-corrected chi connectivity index (χ4v) is 6.59. The van der Waals surface area contributed by atoms with Gasteiger partial charge in [0.05, 0.1) is 28.9 Å². The summed E-state index contributed by atoms with van der Waals surface area (Å²) in [6, 6.07) is 14.4. The van der Waals surface area contributed by atoms with Gasteiger partial charge in [0.25, 0.3) is 5.91 Å². The molecule has 0 spiro atoms. The summed E-state index contributed by atoms with van der Waals surface area (Å²) in [5.74, 6) is -0.721. The van der Waals surface area contributed by atoms with Crippen molar-refractivity contribution >= 4 is 39.8 Å². The van der Waals surface area contributed by atoms with E-state index in [1.807, 2.05) is 12.1 Å². The largest absolute Gasteiger partial charge is 0.461 e. The van der Waals surface area contributed by atoms with Gasteiger partial charge in [0.2, 0.25) is 0 Å². The van der Waals surface area contributed by atoms with Crippen LogP contribution in [0.3, 0.4) is 0 Å². The number of hydrogen-bond donors (Lipinski definition) is 0. The number of likely N-dealkylation sites (N-methyl/N-ethyl adjacent to an activating group) is 1. The zero-order valence-electron chi connectivity index (χ0n) is 25.7. The highest BCUT2D eigenvalue weighted by atomic mass is 35.5. The van der Waals surface area contributed by atoms with E-state index in [1.54, 1.807) is 6.07 Å². The Labute approximate surface area is 263 Å². The van der Waals surface area contributed by atoms with Gasteiger partial charge in [0.1, 0.15) is 12.4 Å². The Morgan fingerprint density at radius 2 is 1.82 bits per heavy atom. The molecule has 3 aliphatic rings. The molecule has 0 aliphatic carbocycles. The Morgan fingerprint density at radius 3 is 2.48 bits per heavy atom. The minimum Gasteiger partial charge on any atom is -0.461 e. The molecule has 9 nitrogen and oxygen atoms in total. The summed E-state index contributed by atoms with van der Waals surface area (Å²) in [4.78, 5) is 30.4. The third kappa shape index (κ3) is 6.44. The molecule has 2 fully saturated rings. The topological polar surface area (TPSA) is 88.8 Å². The predicted octanol–water partition coefficient (Wildman–Crippen LogP) is 5.37. The average molecular weight is 620 g/mol. The lowest BCUT2D eigenvalue weighted by atomic mass is 10.0. The molecule has 0 saturated carbocycles. The van der Waals surface area contributed by atoms with Crippen molar-refractivity contribution < 1.29 is 13.9 Å². The van der Waals surface area contributed by atoms with E-state index in [0.29, 0.717) is 45.3 Å². The van der Waals surface area contributed by atoms with Crippen molar-refractivity contribution in [3.63, 3.8) is 0 Å². The lowest BCUT2D eigenvalue weighted by Gasteiger charge is -2.38. The Hall–Kier alpha value is -3.94. The number of anilines is 2. The fraction of sp³-hybridized carbons (Fsp3) is 0.455. The molecule has 0 N–H and O–H groups in total. The number of ether oxygens (including phenoxy) is 1. The first-order valence-corrected chi connectivity index (χ1v) is 15.4. The molecule has 3 aliphatic heterocycles. The van der Waals surface area contributed by atoms with Crippen LogP contribution < -0.4 is 14.5 Å². The standard InChI is InChI=1S/C31H36ClFN6O2.C2H3N/c1-21(33)29(40)38-17-15-37(16-18-38)28-23-11-14-39(26-10-5-8-22-7-4-9-24(32)27(22)26)19-25(23)34-30(35-28)41-20-31(2)12-6-13-36(31)3;1-2-3/h4-5,7-10H,1,6,11-20H2,2-3H3;1H3. The molecule has 1 aromatic heterocycles. The molecule has 2 saturated heterocycles. The van der Waals surface area contributed by atoms with Gasteiger partial charge in [-0.3, -0.25) is 9.69 Å². The van der Waals surface area contributed by atoms with Crippen LogP contribution in [0, 0.1) is 11.3 Å². The normalized spacial score (nSPS) is 20.0. The summed E-state index contributed by atoms with van der Waals surface area (Å²) in [5.41, 5.74) is 3.05. The summed E-state index contributed by atoms with van der Waals surface area (Å²) in [6.45, 7) is 11.7. The zero-order valence-corrected chi connectivity index (χ0v) is 26.4. The highest BCUT2D eigenvalue weighted by molar-refractivity contribution is 6.36. The number of nitriles is 1. The van der Waals surface area contributed by atoms with Crippen molar-refractivity contribution in [2.45, 2.75) is 45.2 Å². The number of benzene rings is 2. The molecule has 0 bridgehead atoms. The number of aromatic nitrogens is 2. The van der Waals surface area contributed by atoms with Crippen molar-refractivity contribution in [3.05, 3.63) is 65.1 Å². The lowest BCUT2D eigenvalue weighted by molar-refractivity contribution is -0.128. The molecule has 44 heavy (non-hydrogen) atoms. The number of carbonyl (C=O) groups excluding carboxylic acids is 1. The van der Waals surface area contributed by atoms with E-state index in [4.69, 9.17) is 31.6 Å². The van der Waals surface area contributed by atoms with Gasteiger partial charge in [-0.25, -0.2) is 4.39 Å². The minimum atomic E-state index is -0.924. The molecule has 0 radical (unpaired) electrons. The van der Waals surface area contributed by atoms with Crippen molar-refractivity contribution in [2.75, 3.05) is 62.7 Å². The van der Waals surface area contributed by atoms with E-state index in [0.717, 1.165) is 70.9 Å². The molecule has 3 aromatic rings. The maximum absolute atomic E-state index is 13.5. The highest BCUT2D eigenvalue weighted by Gasteiger charge is 2.36. The molecule has 11 heteroatoms. The molecule has 1 unspecified atom stereocenters. The zero-order chi connectivity index (χ0) is 31.4. The number of nitrogens with zero attached hydrogens (tertiary/aromatic N) is 7. The van der Waals surface area contributed by atoms with E-state index < -0.39 is 11.7 Å². The first-order valence-electron chi connectivity index (χ1n) is 15.0. The minimum absolute atomic E-state index is 0.0636. The van der Waals surface area contributed by atoms with Crippen LogP contribution in [-0.4, -0.2) is 84.1 Å². The Kier molecular flexibility index (Phi) is 9.56. The monoisotopic (exact) mass is 619 g/mol. The number of piperazine rings is 1. The number of halogens is 2. The van der Waals surface area contributed by atoms with Crippen LogP contribution in [0.4, 0.5) is 15.9 Å². The highest BCUT2D eigenvalue weighted by Crippen LogP contribution is 2.37. The van der Waals surface area contributed by atoms with Crippen molar-refractivity contribution in [1.29, 1.82) is 5.26 Å². The number of fused-ring (bicyclic) bond motifs is 2. The Bertz CT molecular complexity index is 1580. The smallest absolute Gasteiger partial charge is 0.318 e. The van der Waals surface area contributed by atoms with Gasteiger partial charge in [-0.15, -0.1) is 0 Å². The lowest BCUT2D eigenvalue weighted by Crippen LogP contribution is -2.49. The van der Waals surface area contributed by atoms with Crippen LogP contribution in [0.15, 0.2) is 48.8 Å². The Morgan fingerprint density at radius 1 is 1.11 bits per heavy atom. The van der Waals surface area contributed by atoms with Gasteiger partial charge in [-0.05, 0) is 57.3 Å². The van der Waals surface area contributed by atoms with Gasteiger partial charge < -0.3 is 19.4 Å².